The predicted octanol–water partition coefficient (Wildman–Crippen LogP) is 4.98. The number of hydrogen-bond acceptors (Lipinski definition) is 9. The van der Waals surface area contributed by atoms with Crippen LogP contribution >= 0.6 is 11.6 Å². The smallest absolute Gasteiger partial charge is 0.319 e. The van der Waals surface area contributed by atoms with Crippen LogP contribution in [0.2, 0.25) is 5.02 Å². The van der Waals surface area contributed by atoms with Gasteiger partial charge in [-0.15, -0.1) is 0 Å². The summed E-state index contributed by atoms with van der Waals surface area (Å²) in [5.41, 5.74) is -0.197. The van der Waals surface area contributed by atoms with Crippen molar-refractivity contribution in [2.24, 2.45) is 5.92 Å². The molecule has 3 aromatic heterocycles. The van der Waals surface area contributed by atoms with E-state index in [2.05, 4.69) is 37.0 Å². The van der Waals surface area contributed by atoms with Gasteiger partial charge in [-0.3, -0.25) is 15.0 Å². The third-order valence-electron chi connectivity index (χ3n) is 10.2. The van der Waals surface area contributed by atoms with Crippen LogP contribution < -0.4 is 9.64 Å². The summed E-state index contributed by atoms with van der Waals surface area (Å²) >= 11 is 6.80. The molecule has 0 unspecified atom stereocenters. The van der Waals surface area contributed by atoms with Gasteiger partial charge in [-0.2, -0.15) is 15.1 Å². The number of nitrogens with one attached hydrogen (secondary N) is 1. The number of rotatable bonds is 7. The van der Waals surface area contributed by atoms with Crippen LogP contribution in [-0.2, 0) is 4.74 Å². The first-order valence-corrected chi connectivity index (χ1v) is 16.2. The predicted molar refractivity (Wildman–Crippen MR) is 166 cm³/mol. The highest BCUT2D eigenvalue weighted by molar-refractivity contribution is 6.33. The van der Waals surface area contributed by atoms with Crippen molar-refractivity contribution in [3.8, 4) is 17.3 Å². The molecule has 2 N–H and O–H groups in total. The zero-order chi connectivity index (χ0) is 31.8. The highest BCUT2D eigenvalue weighted by Gasteiger charge is 2.49. The van der Waals surface area contributed by atoms with E-state index in [0.717, 1.165) is 31.4 Å². The molecule has 46 heavy (non-hydrogen) atoms. The van der Waals surface area contributed by atoms with Crippen LogP contribution in [0, 0.1) is 11.7 Å². The molecule has 1 saturated carbocycles. The number of nitrogens with zero attached hydrogens (tertiary/aromatic N) is 6. The summed E-state index contributed by atoms with van der Waals surface area (Å²) in [5.74, 6) is 0.0731. The fraction of sp³-hybridized carbons (Fsp3) is 0.562. The van der Waals surface area contributed by atoms with Crippen LogP contribution in [0.1, 0.15) is 44.1 Å². The maximum Gasteiger partial charge on any atom is 0.319 e. The van der Waals surface area contributed by atoms with Gasteiger partial charge < -0.3 is 19.5 Å². The number of ether oxygens (including phenoxy) is 2. The Morgan fingerprint density at radius 3 is 2.89 bits per heavy atom. The Kier molecular flexibility index (Phi) is 7.31. The van der Waals surface area contributed by atoms with Gasteiger partial charge in [-0.1, -0.05) is 18.5 Å². The molecule has 1 aromatic carbocycles. The van der Waals surface area contributed by atoms with Gasteiger partial charge in [0.05, 0.1) is 42.4 Å². The average Bonchev–Trinajstić information content (AvgIpc) is 3.29. The number of fused-ring (bicyclic) bond motifs is 3. The number of H-pyrrole nitrogens is 1. The number of anilines is 1. The molecule has 6 heterocycles. The van der Waals surface area contributed by atoms with E-state index in [1.165, 1.54) is 6.20 Å². The topological polar surface area (TPSA) is 113 Å². The quantitative estimate of drug-likeness (QED) is 0.284. The Labute approximate surface area is 268 Å². The largest absolute Gasteiger partial charge is 0.461 e. The fourth-order valence-electron chi connectivity index (χ4n) is 7.74. The molecule has 0 amide bonds. The number of β-amino-alcohol motifs (C(OH)–C–C–N with tert-alkyl or cyclic N) is 1. The first kappa shape index (κ1) is 30.1. The van der Waals surface area contributed by atoms with Crippen LogP contribution in [-0.4, -0.2) is 105 Å². The summed E-state index contributed by atoms with van der Waals surface area (Å²) in [5, 5.41) is 19.5. The standard InChI is InChI=1S/C32H35ClF3N7O3/c1-17-7-19(17)24-22(33)8-23-20(11-38-41-23)25(24)28-26(36)27-21(10-37-28)29(42-5-6-45-16-32(44,13-34)14-42)40-30(39-27)46-15-31-3-2-4-43(31)12-18(35)9-31/h8,10-11,17-19,44H,2-7,9,12-16H2,1H3,(H,38,41)/t17-,18-,19+,31+,32+/m1/s1. The van der Waals surface area contributed by atoms with Gasteiger partial charge in [-0.05, 0) is 49.3 Å². The lowest BCUT2D eigenvalue weighted by atomic mass is 9.95. The van der Waals surface area contributed by atoms with E-state index in [0.29, 0.717) is 40.4 Å². The van der Waals surface area contributed by atoms with Crippen LogP contribution in [0.4, 0.5) is 19.0 Å². The molecule has 0 spiro atoms. The molecule has 0 radical (unpaired) electrons. The normalized spacial score (nSPS) is 29.9. The van der Waals surface area contributed by atoms with Crippen LogP contribution in [0.25, 0.3) is 33.1 Å². The van der Waals surface area contributed by atoms with E-state index in [4.69, 9.17) is 21.1 Å². The minimum atomic E-state index is -1.78. The lowest BCUT2D eigenvalue weighted by Crippen LogP contribution is -2.46. The molecule has 10 nitrogen and oxygen atoms in total. The van der Waals surface area contributed by atoms with E-state index in [1.54, 1.807) is 11.1 Å². The Morgan fingerprint density at radius 1 is 1.24 bits per heavy atom. The zero-order valence-electron chi connectivity index (χ0n) is 25.4. The summed E-state index contributed by atoms with van der Waals surface area (Å²) in [6.45, 7) is 2.49. The SMILES string of the molecule is C[C@@H]1C[C@@H]1c1c(Cl)cc2[nH]ncc2c1-c1ncc2c(N3CCOC[C@](O)(CF)C3)nc(OC[C@@]34CCCN3C[C@H](F)C4)nc2c1F. The molecule has 8 rings (SSSR count). The van der Waals surface area contributed by atoms with Crippen LogP contribution in [0.5, 0.6) is 6.01 Å². The monoisotopic (exact) mass is 657 g/mol. The van der Waals surface area contributed by atoms with Crippen molar-refractivity contribution < 1.29 is 27.8 Å². The summed E-state index contributed by atoms with van der Waals surface area (Å²) < 4.78 is 57.2. The summed E-state index contributed by atoms with van der Waals surface area (Å²) in [6, 6.07) is 1.72. The van der Waals surface area contributed by atoms with E-state index in [9.17, 15) is 13.9 Å². The molecule has 3 saturated heterocycles. The fourth-order valence-corrected chi connectivity index (χ4v) is 8.09. The highest BCUT2D eigenvalue weighted by atomic mass is 35.5. The van der Waals surface area contributed by atoms with Gasteiger partial charge in [0, 0.05) is 41.7 Å². The van der Waals surface area contributed by atoms with E-state index >= 15 is 4.39 Å². The maximum atomic E-state index is 17.0. The van der Waals surface area contributed by atoms with Crippen molar-refractivity contribution in [1.29, 1.82) is 0 Å². The van der Waals surface area contributed by atoms with E-state index < -0.39 is 29.8 Å². The molecule has 3 aliphatic heterocycles. The number of alkyl halides is 2. The second-order valence-corrected chi connectivity index (χ2v) is 13.9. The summed E-state index contributed by atoms with van der Waals surface area (Å²) in [6.07, 6.45) is 5.18. The van der Waals surface area contributed by atoms with Gasteiger partial charge in [0.15, 0.2) is 5.82 Å². The Hall–Kier alpha value is -3.26. The minimum absolute atomic E-state index is 0.0408. The molecule has 4 aromatic rings. The second kappa shape index (κ2) is 11.2. The van der Waals surface area contributed by atoms with Gasteiger partial charge >= 0.3 is 6.01 Å². The van der Waals surface area contributed by atoms with Crippen molar-refractivity contribution in [2.45, 2.75) is 55.8 Å². The van der Waals surface area contributed by atoms with Crippen molar-refractivity contribution in [3.63, 3.8) is 0 Å². The molecule has 5 atom stereocenters. The number of pyridine rings is 1. The number of aromatic amines is 1. The lowest BCUT2D eigenvalue weighted by molar-refractivity contribution is -0.0409. The molecule has 14 heteroatoms. The number of hydrogen-bond donors (Lipinski definition) is 2. The highest BCUT2D eigenvalue weighted by Crippen LogP contribution is 2.54. The second-order valence-electron chi connectivity index (χ2n) is 13.5. The van der Waals surface area contributed by atoms with Gasteiger partial charge in [0.2, 0.25) is 0 Å². The molecular formula is C32H35ClF3N7O3. The number of aliphatic hydroxyl groups is 1. The van der Waals surface area contributed by atoms with Gasteiger partial charge in [0.25, 0.3) is 0 Å². The first-order chi connectivity index (χ1) is 22.2. The number of benzene rings is 1. The van der Waals surface area contributed by atoms with E-state index in [1.807, 2.05) is 6.07 Å². The van der Waals surface area contributed by atoms with Crippen LogP contribution in [0.15, 0.2) is 18.5 Å². The first-order valence-electron chi connectivity index (χ1n) is 15.8. The zero-order valence-corrected chi connectivity index (χ0v) is 26.2. The molecule has 4 fully saturated rings. The average molecular weight is 658 g/mol. The summed E-state index contributed by atoms with van der Waals surface area (Å²) in [4.78, 5) is 17.6. The van der Waals surface area contributed by atoms with Crippen molar-refractivity contribution in [3.05, 3.63) is 34.9 Å². The van der Waals surface area contributed by atoms with Crippen molar-refractivity contribution in [2.75, 3.05) is 57.6 Å². The molecule has 1 aliphatic carbocycles. The maximum absolute atomic E-state index is 17.0. The molecular weight excluding hydrogens is 623 g/mol. The van der Waals surface area contributed by atoms with Crippen LogP contribution in [0.3, 0.4) is 0 Å². The molecule has 244 valence electrons. The molecule has 0 bridgehead atoms. The van der Waals surface area contributed by atoms with Gasteiger partial charge in [0.1, 0.15) is 42.1 Å². The minimum Gasteiger partial charge on any atom is -0.461 e. The Balaban J connectivity index is 1.28. The van der Waals surface area contributed by atoms with E-state index in [-0.39, 0.29) is 67.3 Å². The van der Waals surface area contributed by atoms with Crippen molar-refractivity contribution >= 4 is 39.2 Å². The van der Waals surface area contributed by atoms with Crippen molar-refractivity contribution in [1.82, 2.24) is 30.0 Å². The number of halogens is 4. The number of aromatic nitrogens is 5. The summed E-state index contributed by atoms with van der Waals surface area (Å²) in [7, 11) is 0. The third kappa shape index (κ3) is 4.97. The third-order valence-corrected chi connectivity index (χ3v) is 10.5. The lowest BCUT2D eigenvalue weighted by Gasteiger charge is -2.31. The Bertz CT molecular complexity index is 1830. The molecule has 4 aliphatic rings. The Morgan fingerprint density at radius 2 is 2.09 bits per heavy atom. The van der Waals surface area contributed by atoms with Gasteiger partial charge in [-0.25, -0.2) is 13.2 Å².